The molecule has 0 spiro atoms. The fourth-order valence-corrected chi connectivity index (χ4v) is 3.40. The van der Waals surface area contributed by atoms with Crippen LogP contribution >= 0.6 is 11.6 Å². The van der Waals surface area contributed by atoms with Crippen molar-refractivity contribution in [2.45, 2.75) is 18.9 Å². The Hall–Kier alpha value is -2.60. The Morgan fingerprint density at radius 2 is 2.08 bits per heavy atom. The molecular formula is C18H17ClFN3O2. The lowest BCUT2D eigenvalue weighted by Crippen LogP contribution is -2.53. The number of urea groups is 1. The minimum atomic E-state index is -0.754. The molecule has 25 heavy (non-hydrogen) atoms. The van der Waals surface area contributed by atoms with Gasteiger partial charge >= 0.3 is 6.03 Å². The first-order valence-electron chi connectivity index (χ1n) is 7.75. The number of nitrogens with one attached hydrogen (secondary N) is 1. The molecule has 0 saturated carbocycles. The van der Waals surface area contributed by atoms with E-state index >= 15 is 0 Å². The SMILES string of the molecule is CN1C(=O)[C@H](NC(N)=O)Cc2ccc(Cl)c(Cc3ccccc3F)c21. The number of carbonyl (C=O) groups is 2. The lowest BCUT2D eigenvalue weighted by Gasteiger charge is -2.33. The fourth-order valence-electron chi connectivity index (χ4n) is 3.18. The quantitative estimate of drug-likeness (QED) is 0.881. The summed E-state index contributed by atoms with van der Waals surface area (Å²) in [5, 5.41) is 2.91. The van der Waals surface area contributed by atoms with Gasteiger partial charge in [0.1, 0.15) is 11.9 Å². The Balaban J connectivity index is 2.04. The van der Waals surface area contributed by atoms with E-state index in [0.717, 1.165) is 5.56 Å². The molecule has 2 aromatic carbocycles. The summed E-state index contributed by atoms with van der Waals surface area (Å²) < 4.78 is 14.0. The van der Waals surface area contributed by atoms with Crippen molar-refractivity contribution < 1.29 is 14.0 Å². The molecule has 1 aliphatic rings. The van der Waals surface area contributed by atoms with E-state index in [-0.39, 0.29) is 18.1 Å². The summed E-state index contributed by atoms with van der Waals surface area (Å²) in [4.78, 5) is 25.1. The van der Waals surface area contributed by atoms with E-state index in [4.69, 9.17) is 17.3 Å². The largest absolute Gasteiger partial charge is 0.352 e. The third-order valence-electron chi connectivity index (χ3n) is 4.34. The molecule has 3 rings (SSSR count). The molecule has 0 unspecified atom stereocenters. The van der Waals surface area contributed by atoms with Gasteiger partial charge in [-0.05, 0) is 28.8 Å². The molecule has 0 fully saturated rings. The van der Waals surface area contributed by atoms with E-state index in [9.17, 15) is 14.0 Å². The third-order valence-corrected chi connectivity index (χ3v) is 4.69. The van der Waals surface area contributed by atoms with E-state index in [2.05, 4.69) is 5.32 Å². The van der Waals surface area contributed by atoms with Crippen molar-refractivity contribution in [2.75, 3.05) is 11.9 Å². The lowest BCUT2D eigenvalue weighted by molar-refractivity contribution is -0.120. The summed E-state index contributed by atoms with van der Waals surface area (Å²) in [6.45, 7) is 0. The smallest absolute Gasteiger partial charge is 0.312 e. The number of fused-ring (bicyclic) bond motifs is 1. The maximum absolute atomic E-state index is 14.0. The average molecular weight is 362 g/mol. The molecule has 7 heteroatoms. The second-order valence-corrected chi connectivity index (χ2v) is 6.37. The zero-order valence-electron chi connectivity index (χ0n) is 13.6. The van der Waals surface area contributed by atoms with Gasteiger partial charge in [-0.2, -0.15) is 0 Å². The van der Waals surface area contributed by atoms with Crippen LogP contribution in [0.25, 0.3) is 0 Å². The Kier molecular flexibility index (Phi) is 4.63. The Morgan fingerprint density at radius 3 is 2.76 bits per heavy atom. The molecule has 1 aliphatic heterocycles. The van der Waals surface area contributed by atoms with Crippen LogP contribution in [0, 0.1) is 5.82 Å². The van der Waals surface area contributed by atoms with Crippen LogP contribution in [0.3, 0.4) is 0 Å². The molecule has 3 amide bonds. The molecule has 5 nitrogen and oxygen atoms in total. The maximum atomic E-state index is 14.0. The third kappa shape index (κ3) is 3.30. The molecule has 0 aromatic heterocycles. The van der Waals surface area contributed by atoms with Crippen molar-refractivity contribution in [1.82, 2.24) is 5.32 Å². The van der Waals surface area contributed by atoms with Gasteiger partial charge in [-0.1, -0.05) is 35.9 Å². The zero-order valence-corrected chi connectivity index (χ0v) is 14.3. The lowest BCUT2D eigenvalue weighted by atomic mass is 9.92. The van der Waals surface area contributed by atoms with E-state index in [1.165, 1.54) is 11.0 Å². The van der Waals surface area contributed by atoms with E-state index < -0.39 is 12.1 Å². The molecule has 1 atom stereocenters. The van der Waals surface area contributed by atoms with E-state index in [1.807, 2.05) is 0 Å². The summed E-state index contributed by atoms with van der Waals surface area (Å²) in [7, 11) is 1.61. The molecule has 1 heterocycles. The highest BCUT2D eigenvalue weighted by Gasteiger charge is 2.33. The van der Waals surface area contributed by atoms with Crippen LogP contribution in [-0.2, 0) is 17.6 Å². The molecule has 3 N–H and O–H groups in total. The summed E-state index contributed by atoms with van der Waals surface area (Å²) in [5.41, 5.74) is 7.81. The van der Waals surface area contributed by atoms with Gasteiger partial charge in [0, 0.05) is 24.9 Å². The van der Waals surface area contributed by atoms with Gasteiger partial charge < -0.3 is 16.0 Å². The molecule has 0 bridgehead atoms. The highest BCUT2D eigenvalue weighted by atomic mass is 35.5. The normalized spacial score (nSPS) is 16.5. The predicted octanol–water partition coefficient (Wildman–Crippen LogP) is 2.63. The highest BCUT2D eigenvalue weighted by molar-refractivity contribution is 6.32. The standard InChI is InChI=1S/C18H17ClFN3O2/c1-23-16-11(9-15(17(23)24)22-18(21)25)6-7-13(19)12(16)8-10-4-2-3-5-14(10)20/h2-7,15H,8-9H2,1H3,(H3,21,22,25)/t15-/m1/s1. The number of carbonyl (C=O) groups excluding carboxylic acids is 2. The number of halogens is 2. The van der Waals surface area contributed by atoms with E-state index in [0.29, 0.717) is 28.3 Å². The molecular weight excluding hydrogens is 345 g/mol. The minimum absolute atomic E-state index is 0.264. The molecule has 2 aromatic rings. The van der Waals surface area contributed by atoms with Crippen molar-refractivity contribution in [3.05, 3.63) is 63.9 Å². The van der Waals surface area contributed by atoms with Crippen molar-refractivity contribution >= 4 is 29.2 Å². The van der Waals surface area contributed by atoms with Crippen molar-refractivity contribution in [2.24, 2.45) is 5.73 Å². The molecule has 130 valence electrons. The zero-order chi connectivity index (χ0) is 18.1. The number of primary amides is 1. The van der Waals surface area contributed by atoms with Crippen LogP contribution in [0.4, 0.5) is 14.9 Å². The number of hydrogen-bond donors (Lipinski definition) is 2. The molecule has 0 radical (unpaired) electrons. The Labute approximate surface area is 149 Å². The number of hydrogen-bond acceptors (Lipinski definition) is 2. The number of anilines is 1. The van der Waals surface area contributed by atoms with Gasteiger partial charge in [0.25, 0.3) is 0 Å². The maximum Gasteiger partial charge on any atom is 0.312 e. The van der Waals surface area contributed by atoms with Gasteiger partial charge in [0.15, 0.2) is 0 Å². The fraction of sp³-hybridized carbons (Fsp3) is 0.222. The van der Waals surface area contributed by atoms with Gasteiger partial charge in [-0.3, -0.25) is 4.79 Å². The number of benzene rings is 2. The Bertz CT molecular complexity index is 856. The summed E-state index contributed by atoms with van der Waals surface area (Å²) in [5.74, 6) is -0.613. The summed E-state index contributed by atoms with van der Waals surface area (Å²) >= 11 is 6.35. The van der Waals surface area contributed by atoms with E-state index in [1.54, 1.807) is 37.4 Å². The van der Waals surface area contributed by atoms with Crippen molar-refractivity contribution in [1.29, 1.82) is 0 Å². The first-order chi connectivity index (χ1) is 11.9. The first-order valence-corrected chi connectivity index (χ1v) is 8.13. The van der Waals surface area contributed by atoms with Crippen LogP contribution in [0.15, 0.2) is 36.4 Å². The van der Waals surface area contributed by atoms with Crippen LogP contribution in [0.1, 0.15) is 16.7 Å². The van der Waals surface area contributed by atoms with Gasteiger partial charge in [0.05, 0.1) is 5.69 Å². The average Bonchev–Trinajstić information content (AvgIpc) is 2.56. The topological polar surface area (TPSA) is 75.4 Å². The number of rotatable bonds is 3. The number of likely N-dealkylation sites (N-methyl/N-ethyl adjacent to an activating group) is 1. The van der Waals surface area contributed by atoms with Crippen molar-refractivity contribution in [3.8, 4) is 0 Å². The molecule has 0 aliphatic carbocycles. The van der Waals surface area contributed by atoms with Gasteiger partial charge in [0.2, 0.25) is 5.91 Å². The second-order valence-electron chi connectivity index (χ2n) is 5.96. The summed E-state index contributed by atoms with van der Waals surface area (Å²) in [6, 6.07) is 8.50. The highest BCUT2D eigenvalue weighted by Crippen LogP contribution is 2.36. The first kappa shape index (κ1) is 17.2. The van der Waals surface area contributed by atoms with Crippen LogP contribution in [-0.4, -0.2) is 25.0 Å². The number of nitrogens with zero attached hydrogens (tertiary/aromatic N) is 1. The second kappa shape index (κ2) is 6.72. The molecule has 0 saturated heterocycles. The summed E-state index contributed by atoms with van der Waals surface area (Å²) in [6.07, 6.45) is 0.573. The van der Waals surface area contributed by atoms with Crippen LogP contribution in [0.5, 0.6) is 0 Å². The Morgan fingerprint density at radius 1 is 1.36 bits per heavy atom. The predicted molar refractivity (Wildman–Crippen MR) is 94.3 cm³/mol. The van der Waals surface area contributed by atoms with Crippen LogP contribution in [0.2, 0.25) is 5.02 Å². The van der Waals surface area contributed by atoms with Gasteiger partial charge in [-0.15, -0.1) is 0 Å². The van der Waals surface area contributed by atoms with Crippen LogP contribution < -0.4 is 16.0 Å². The van der Waals surface area contributed by atoms with Crippen molar-refractivity contribution in [3.63, 3.8) is 0 Å². The number of amides is 3. The number of nitrogens with two attached hydrogens (primary N) is 1. The van der Waals surface area contributed by atoms with Gasteiger partial charge in [-0.25, -0.2) is 9.18 Å². The minimum Gasteiger partial charge on any atom is -0.352 e. The monoisotopic (exact) mass is 361 g/mol.